The molecule has 5 nitrogen and oxygen atoms in total. The van der Waals surface area contributed by atoms with Crippen molar-refractivity contribution in [3.8, 4) is 34.0 Å². The lowest BCUT2D eigenvalue weighted by Gasteiger charge is -2.12. The predicted octanol–water partition coefficient (Wildman–Crippen LogP) is 5.21. The summed E-state index contributed by atoms with van der Waals surface area (Å²) in [6.45, 7) is 3.04. The van der Waals surface area contributed by atoms with Crippen molar-refractivity contribution in [2.75, 3.05) is 11.9 Å². The fourth-order valence-corrected chi connectivity index (χ4v) is 2.87. The Morgan fingerprint density at radius 1 is 0.815 bits per heavy atom. The summed E-state index contributed by atoms with van der Waals surface area (Å²) in [5.41, 5.74) is 3.25. The van der Waals surface area contributed by atoms with Crippen LogP contribution in [0.15, 0.2) is 54.7 Å². The molecule has 0 saturated heterocycles. The molecule has 0 bridgehead atoms. The molecule has 140 valence electrons. The van der Waals surface area contributed by atoms with E-state index < -0.39 is 0 Å². The van der Waals surface area contributed by atoms with E-state index in [9.17, 15) is 10.2 Å². The molecule has 0 aliphatic carbocycles. The molecule has 0 unspecified atom stereocenters. The van der Waals surface area contributed by atoms with Crippen LogP contribution in [0.4, 0.5) is 5.82 Å². The Hall–Kier alpha value is -3.08. The van der Waals surface area contributed by atoms with Gasteiger partial charge in [0.05, 0.1) is 11.9 Å². The Morgan fingerprint density at radius 3 is 2.07 bits per heavy atom. The van der Waals surface area contributed by atoms with Gasteiger partial charge in [-0.3, -0.25) is 0 Å². The maximum atomic E-state index is 9.58. The van der Waals surface area contributed by atoms with Crippen molar-refractivity contribution in [3.05, 3.63) is 54.7 Å². The van der Waals surface area contributed by atoms with Gasteiger partial charge in [0.15, 0.2) is 5.82 Å². The van der Waals surface area contributed by atoms with E-state index in [1.54, 1.807) is 30.5 Å². The normalized spacial score (nSPS) is 10.7. The number of anilines is 1. The van der Waals surface area contributed by atoms with Crippen LogP contribution in [0.2, 0.25) is 0 Å². The highest BCUT2D eigenvalue weighted by atomic mass is 16.3. The summed E-state index contributed by atoms with van der Waals surface area (Å²) in [4.78, 5) is 9.39. The van der Waals surface area contributed by atoms with E-state index in [2.05, 4.69) is 17.2 Å². The Balaban J connectivity index is 1.90. The van der Waals surface area contributed by atoms with E-state index >= 15 is 0 Å². The lowest BCUT2D eigenvalue weighted by atomic mass is 10.1. The quantitative estimate of drug-likeness (QED) is 0.479. The summed E-state index contributed by atoms with van der Waals surface area (Å²) in [6.07, 6.45) is 6.46. The van der Waals surface area contributed by atoms with E-state index in [4.69, 9.17) is 4.98 Å². The highest BCUT2D eigenvalue weighted by Crippen LogP contribution is 2.29. The van der Waals surface area contributed by atoms with Crippen LogP contribution in [0, 0.1) is 0 Å². The highest BCUT2D eigenvalue weighted by Gasteiger charge is 2.11. The Morgan fingerprint density at radius 2 is 1.44 bits per heavy atom. The molecule has 0 fully saturated rings. The van der Waals surface area contributed by atoms with Crippen LogP contribution in [-0.4, -0.2) is 26.7 Å². The molecule has 1 heterocycles. The molecule has 3 N–H and O–H groups in total. The molecule has 1 aromatic heterocycles. The van der Waals surface area contributed by atoms with E-state index in [-0.39, 0.29) is 11.5 Å². The van der Waals surface area contributed by atoms with Gasteiger partial charge in [-0.1, -0.05) is 26.2 Å². The van der Waals surface area contributed by atoms with Crippen LogP contribution in [0.5, 0.6) is 11.5 Å². The first-order valence-electron chi connectivity index (χ1n) is 9.37. The molecular weight excluding hydrogens is 338 g/mol. The summed E-state index contributed by atoms with van der Waals surface area (Å²) < 4.78 is 0. The van der Waals surface area contributed by atoms with Crippen molar-refractivity contribution in [2.24, 2.45) is 0 Å². The predicted molar refractivity (Wildman–Crippen MR) is 109 cm³/mol. The van der Waals surface area contributed by atoms with Gasteiger partial charge >= 0.3 is 0 Å². The van der Waals surface area contributed by atoms with Gasteiger partial charge in [0.25, 0.3) is 0 Å². The molecule has 0 amide bonds. The van der Waals surface area contributed by atoms with Gasteiger partial charge in [-0.15, -0.1) is 0 Å². The first-order valence-corrected chi connectivity index (χ1v) is 9.37. The van der Waals surface area contributed by atoms with Crippen LogP contribution >= 0.6 is 0 Å². The van der Waals surface area contributed by atoms with Crippen LogP contribution < -0.4 is 5.32 Å². The standard InChI is InChI=1S/C22H25N3O2/c1-2-3-4-5-14-23-22-21(17-8-12-19(27)13-9-17)25-20(15-24-22)16-6-10-18(26)11-7-16/h6-13,15,26-27H,2-5,14H2,1H3,(H,23,24). The number of hydrogen-bond donors (Lipinski definition) is 3. The summed E-state index contributed by atoms with van der Waals surface area (Å²) in [7, 11) is 0. The second-order valence-electron chi connectivity index (χ2n) is 6.53. The molecule has 0 aliphatic rings. The number of rotatable bonds is 8. The van der Waals surface area contributed by atoms with Crippen molar-refractivity contribution < 1.29 is 10.2 Å². The van der Waals surface area contributed by atoms with Crippen molar-refractivity contribution in [1.29, 1.82) is 0 Å². The molecule has 2 aromatic carbocycles. The number of phenolic OH excluding ortho intramolecular Hbond substituents is 2. The van der Waals surface area contributed by atoms with Crippen molar-refractivity contribution in [2.45, 2.75) is 32.6 Å². The van der Waals surface area contributed by atoms with Crippen molar-refractivity contribution in [3.63, 3.8) is 0 Å². The highest BCUT2D eigenvalue weighted by molar-refractivity contribution is 5.74. The second kappa shape index (κ2) is 9.03. The molecule has 0 radical (unpaired) electrons. The molecule has 5 heteroatoms. The zero-order chi connectivity index (χ0) is 19.1. The lowest BCUT2D eigenvalue weighted by molar-refractivity contribution is 0.475. The number of hydrogen-bond acceptors (Lipinski definition) is 5. The number of aromatic hydroxyl groups is 2. The van der Waals surface area contributed by atoms with Gasteiger partial charge in [-0.25, -0.2) is 9.97 Å². The smallest absolute Gasteiger partial charge is 0.152 e. The molecule has 0 atom stereocenters. The minimum Gasteiger partial charge on any atom is -0.508 e. The number of phenols is 2. The monoisotopic (exact) mass is 363 g/mol. The zero-order valence-electron chi connectivity index (χ0n) is 15.5. The molecule has 0 saturated carbocycles. The van der Waals surface area contributed by atoms with Gasteiger partial charge < -0.3 is 15.5 Å². The summed E-state index contributed by atoms with van der Waals surface area (Å²) in [5.74, 6) is 1.17. The fourth-order valence-electron chi connectivity index (χ4n) is 2.87. The van der Waals surface area contributed by atoms with E-state index in [1.807, 2.05) is 24.3 Å². The summed E-state index contributed by atoms with van der Waals surface area (Å²) in [6, 6.07) is 13.9. The van der Waals surface area contributed by atoms with E-state index in [0.717, 1.165) is 41.3 Å². The Bertz CT molecular complexity index is 862. The third-order valence-corrected chi connectivity index (χ3v) is 4.40. The topological polar surface area (TPSA) is 78.3 Å². The minimum absolute atomic E-state index is 0.218. The fraction of sp³-hybridized carbons (Fsp3) is 0.273. The van der Waals surface area contributed by atoms with Crippen LogP contribution in [0.3, 0.4) is 0 Å². The number of unbranched alkanes of at least 4 members (excludes halogenated alkanes) is 3. The second-order valence-corrected chi connectivity index (χ2v) is 6.53. The average Bonchev–Trinajstić information content (AvgIpc) is 2.69. The first-order chi connectivity index (χ1) is 13.2. The molecule has 27 heavy (non-hydrogen) atoms. The average molecular weight is 363 g/mol. The SMILES string of the molecule is CCCCCCNc1ncc(-c2ccc(O)cc2)nc1-c1ccc(O)cc1. The van der Waals surface area contributed by atoms with Gasteiger partial charge in [0.1, 0.15) is 17.2 Å². The third kappa shape index (κ3) is 4.97. The number of aromatic nitrogens is 2. The summed E-state index contributed by atoms with van der Waals surface area (Å²) >= 11 is 0. The van der Waals surface area contributed by atoms with Crippen LogP contribution in [-0.2, 0) is 0 Å². The number of nitrogens with zero attached hydrogens (tertiary/aromatic N) is 2. The first kappa shape index (κ1) is 18.7. The maximum Gasteiger partial charge on any atom is 0.152 e. The van der Waals surface area contributed by atoms with Gasteiger partial charge in [-0.05, 0) is 55.0 Å². The molecule has 0 spiro atoms. The lowest BCUT2D eigenvalue weighted by Crippen LogP contribution is -2.06. The van der Waals surface area contributed by atoms with Gasteiger partial charge in [-0.2, -0.15) is 0 Å². The summed E-state index contributed by atoms with van der Waals surface area (Å²) in [5, 5.41) is 22.5. The van der Waals surface area contributed by atoms with Crippen LogP contribution in [0.1, 0.15) is 32.6 Å². The van der Waals surface area contributed by atoms with E-state index in [0.29, 0.717) is 0 Å². The number of nitrogens with one attached hydrogen (secondary N) is 1. The molecular formula is C22H25N3O2. The molecule has 3 aromatic rings. The third-order valence-electron chi connectivity index (χ3n) is 4.40. The molecule has 0 aliphatic heterocycles. The largest absolute Gasteiger partial charge is 0.508 e. The zero-order valence-corrected chi connectivity index (χ0v) is 15.5. The Labute approximate surface area is 159 Å². The van der Waals surface area contributed by atoms with E-state index in [1.165, 1.54) is 19.3 Å². The molecule has 3 rings (SSSR count). The van der Waals surface area contributed by atoms with Crippen molar-refractivity contribution >= 4 is 5.82 Å². The minimum atomic E-state index is 0.218. The van der Waals surface area contributed by atoms with Gasteiger partial charge in [0.2, 0.25) is 0 Å². The Kier molecular flexibility index (Phi) is 6.26. The number of benzene rings is 2. The van der Waals surface area contributed by atoms with Crippen LogP contribution in [0.25, 0.3) is 22.5 Å². The van der Waals surface area contributed by atoms with Crippen molar-refractivity contribution in [1.82, 2.24) is 9.97 Å². The van der Waals surface area contributed by atoms with Gasteiger partial charge in [0, 0.05) is 17.7 Å². The maximum absolute atomic E-state index is 9.58.